The predicted molar refractivity (Wildman–Crippen MR) is 144 cm³/mol. The van der Waals surface area contributed by atoms with Crippen LogP contribution in [0.25, 0.3) is 0 Å². The number of guanidine groups is 1. The van der Waals surface area contributed by atoms with Crippen molar-refractivity contribution in [2.24, 2.45) is 4.99 Å². The molecule has 2 fully saturated rings. The number of hydrogen-bond donors (Lipinski definition) is 2. The fourth-order valence-corrected chi connectivity index (χ4v) is 4.74. The van der Waals surface area contributed by atoms with Gasteiger partial charge in [-0.05, 0) is 77.2 Å². The summed E-state index contributed by atoms with van der Waals surface area (Å²) < 4.78 is 11.1. The largest absolute Gasteiger partial charge is 0.497 e. The number of benzene rings is 1. The molecule has 2 heterocycles. The van der Waals surface area contributed by atoms with Crippen molar-refractivity contribution in [2.75, 3.05) is 53.0 Å². The number of rotatable bonds is 8. The lowest BCUT2D eigenvalue weighted by atomic mass is 9.74. The number of hydrogen-bond acceptors (Lipinski definition) is 4. The Hall–Kier alpha value is -1.06. The SMILES string of the molecule is CCNC(=NCC(C)(C)N1CCCCC1)NCC1(c2ccc(OC)cc2)CCOCC1.I. The Morgan fingerprint density at radius 1 is 1.09 bits per heavy atom. The summed E-state index contributed by atoms with van der Waals surface area (Å²) >= 11 is 0. The molecule has 7 heteroatoms. The van der Waals surface area contributed by atoms with E-state index in [0.29, 0.717) is 0 Å². The van der Waals surface area contributed by atoms with Gasteiger partial charge in [-0.1, -0.05) is 18.6 Å². The van der Waals surface area contributed by atoms with Crippen molar-refractivity contribution < 1.29 is 9.47 Å². The van der Waals surface area contributed by atoms with Gasteiger partial charge >= 0.3 is 0 Å². The zero-order valence-electron chi connectivity index (χ0n) is 20.4. The standard InChI is InChI=1S/C25H42N4O2.HI/c1-5-26-23(27-19-24(2,3)29-15-7-6-8-16-29)28-20-25(13-17-31-18-14-25)21-9-11-22(30-4)12-10-21;/h9-12H,5-8,13-20H2,1-4H3,(H2,26,27,28);1H. The van der Waals surface area contributed by atoms with Crippen LogP contribution in [0.2, 0.25) is 0 Å². The topological polar surface area (TPSA) is 58.1 Å². The normalized spacial score (nSPS) is 19.7. The van der Waals surface area contributed by atoms with Gasteiger partial charge in [-0.25, -0.2) is 0 Å². The van der Waals surface area contributed by atoms with E-state index in [0.717, 1.165) is 57.4 Å². The van der Waals surface area contributed by atoms with E-state index in [2.05, 4.69) is 60.6 Å². The van der Waals surface area contributed by atoms with Crippen LogP contribution in [0.4, 0.5) is 0 Å². The summed E-state index contributed by atoms with van der Waals surface area (Å²) in [5, 5.41) is 7.12. The van der Waals surface area contributed by atoms with Crippen molar-refractivity contribution in [1.82, 2.24) is 15.5 Å². The monoisotopic (exact) mass is 558 g/mol. The Morgan fingerprint density at radius 3 is 2.34 bits per heavy atom. The Bertz CT molecular complexity index is 696. The van der Waals surface area contributed by atoms with Crippen LogP contribution in [0.3, 0.4) is 0 Å². The van der Waals surface area contributed by atoms with Gasteiger partial charge in [-0.3, -0.25) is 9.89 Å². The van der Waals surface area contributed by atoms with Crippen molar-refractivity contribution in [3.8, 4) is 5.75 Å². The molecule has 0 aliphatic carbocycles. The minimum absolute atomic E-state index is 0. The highest BCUT2D eigenvalue weighted by atomic mass is 127. The van der Waals surface area contributed by atoms with Crippen LogP contribution in [-0.2, 0) is 10.2 Å². The van der Waals surface area contributed by atoms with Crippen LogP contribution >= 0.6 is 24.0 Å². The summed E-state index contributed by atoms with van der Waals surface area (Å²) in [6.45, 7) is 13.2. The molecule has 0 amide bonds. The lowest BCUT2D eigenvalue weighted by molar-refractivity contribution is 0.0513. The molecular formula is C25H43IN4O2. The molecule has 0 atom stereocenters. The number of ether oxygens (including phenoxy) is 2. The molecule has 1 aromatic carbocycles. The van der Waals surface area contributed by atoms with Crippen molar-refractivity contribution in [3.05, 3.63) is 29.8 Å². The van der Waals surface area contributed by atoms with Crippen molar-refractivity contribution in [3.63, 3.8) is 0 Å². The van der Waals surface area contributed by atoms with Gasteiger partial charge in [0.05, 0.1) is 13.7 Å². The molecule has 32 heavy (non-hydrogen) atoms. The van der Waals surface area contributed by atoms with E-state index < -0.39 is 0 Å². The molecule has 0 unspecified atom stereocenters. The molecule has 0 bridgehead atoms. The van der Waals surface area contributed by atoms with Gasteiger partial charge in [0, 0.05) is 37.3 Å². The molecule has 0 radical (unpaired) electrons. The second kappa shape index (κ2) is 13.0. The molecule has 2 aliphatic heterocycles. The highest BCUT2D eigenvalue weighted by molar-refractivity contribution is 14.0. The lowest BCUT2D eigenvalue weighted by Gasteiger charge is -2.40. The molecule has 6 nitrogen and oxygen atoms in total. The molecule has 2 saturated heterocycles. The van der Waals surface area contributed by atoms with Gasteiger partial charge < -0.3 is 20.1 Å². The Labute approximate surface area is 211 Å². The summed E-state index contributed by atoms with van der Waals surface area (Å²) in [6.07, 6.45) is 5.98. The van der Waals surface area contributed by atoms with Gasteiger partial charge in [0.15, 0.2) is 5.96 Å². The third-order valence-electron chi connectivity index (χ3n) is 6.93. The Kier molecular flexibility index (Phi) is 11.0. The number of nitrogens with zero attached hydrogens (tertiary/aromatic N) is 2. The van der Waals surface area contributed by atoms with E-state index in [1.165, 1.54) is 37.9 Å². The summed E-state index contributed by atoms with van der Waals surface area (Å²) in [7, 11) is 1.71. The molecule has 0 saturated carbocycles. The van der Waals surface area contributed by atoms with E-state index >= 15 is 0 Å². The number of halogens is 1. The maximum Gasteiger partial charge on any atom is 0.191 e. The van der Waals surface area contributed by atoms with Crippen LogP contribution < -0.4 is 15.4 Å². The van der Waals surface area contributed by atoms with E-state index in [4.69, 9.17) is 14.5 Å². The summed E-state index contributed by atoms with van der Waals surface area (Å²) in [5.74, 6) is 1.81. The van der Waals surface area contributed by atoms with E-state index in [1.807, 2.05) is 0 Å². The second-order valence-electron chi connectivity index (χ2n) is 9.53. The highest BCUT2D eigenvalue weighted by Crippen LogP contribution is 2.35. The van der Waals surface area contributed by atoms with Crippen LogP contribution in [0.1, 0.15) is 58.4 Å². The van der Waals surface area contributed by atoms with Gasteiger partial charge in [-0.15, -0.1) is 24.0 Å². The first-order chi connectivity index (χ1) is 15.0. The number of nitrogens with one attached hydrogen (secondary N) is 2. The quantitative estimate of drug-likeness (QED) is 0.285. The zero-order valence-corrected chi connectivity index (χ0v) is 22.7. The number of aliphatic imine (C=N–C) groups is 1. The minimum Gasteiger partial charge on any atom is -0.497 e. The minimum atomic E-state index is 0. The van der Waals surface area contributed by atoms with E-state index in [-0.39, 0.29) is 34.9 Å². The lowest BCUT2D eigenvalue weighted by Crippen LogP contribution is -2.51. The molecule has 3 rings (SSSR count). The van der Waals surface area contributed by atoms with Crippen LogP contribution in [0, 0.1) is 0 Å². The number of piperidine rings is 1. The fraction of sp³-hybridized carbons (Fsp3) is 0.720. The molecule has 2 N–H and O–H groups in total. The van der Waals surface area contributed by atoms with Crippen LogP contribution in [0.5, 0.6) is 5.75 Å². The predicted octanol–water partition coefficient (Wildman–Crippen LogP) is 4.18. The average Bonchev–Trinajstić information content (AvgIpc) is 2.82. The van der Waals surface area contributed by atoms with E-state index in [9.17, 15) is 0 Å². The molecule has 182 valence electrons. The molecule has 1 aromatic rings. The maximum absolute atomic E-state index is 5.70. The summed E-state index contributed by atoms with van der Waals surface area (Å²) in [5.41, 5.74) is 1.46. The second-order valence-corrected chi connectivity index (χ2v) is 9.53. The van der Waals surface area contributed by atoms with Crippen molar-refractivity contribution >= 4 is 29.9 Å². The molecule has 0 aromatic heterocycles. The van der Waals surface area contributed by atoms with Crippen molar-refractivity contribution in [1.29, 1.82) is 0 Å². The third kappa shape index (κ3) is 7.22. The zero-order chi connectivity index (χ0) is 22.2. The van der Waals surface area contributed by atoms with Crippen LogP contribution in [-0.4, -0.2) is 69.4 Å². The summed E-state index contributed by atoms with van der Waals surface area (Å²) in [6, 6.07) is 8.53. The fourth-order valence-electron chi connectivity index (χ4n) is 4.74. The first-order valence-electron chi connectivity index (χ1n) is 12.0. The Balaban J connectivity index is 0.00000363. The Morgan fingerprint density at radius 2 is 1.75 bits per heavy atom. The maximum atomic E-state index is 5.70. The third-order valence-corrected chi connectivity index (χ3v) is 6.93. The van der Waals surface area contributed by atoms with Gasteiger partial charge in [0.25, 0.3) is 0 Å². The van der Waals surface area contributed by atoms with Crippen LogP contribution in [0.15, 0.2) is 29.3 Å². The van der Waals surface area contributed by atoms with E-state index in [1.54, 1.807) is 7.11 Å². The van der Waals surface area contributed by atoms with Gasteiger partial charge in [-0.2, -0.15) is 0 Å². The molecular weight excluding hydrogens is 515 g/mol. The average molecular weight is 559 g/mol. The molecule has 2 aliphatic rings. The van der Waals surface area contributed by atoms with Gasteiger partial charge in [0.1, 0.15) is 5.75 Å². The van der Waals surface area contributed by atoms with Gasteiger partial charge in [0.2, 0.25) is 0 Å². The number of methoxy groups -OCH3 is 1. The first kappa shape index (κ1) is 27.2. The first-order valence-corrected chi connectivity index (χ1v) is 12.0. The summed E-state index contributed by atoms with van der Waals surface area (Å²) in [4.78, 5) is 7.60. The highest BCUT2D eigenvalue weighted by Gasteiger charge is 2.35. The molecule has 0 spiro atoms. The number of likely N-dealkylation sites (tertiary alicyclic amines) is 1. The van der Waals surface area contributed by atoms with Crippen molar-refractivity contribution in [2.45, 2.75) is 63.8 Å². The smallest absolute Gasteiger partial charge is 0.191 e.